The van der Waals surface area contributed by atoms with Crippen molar-refractivity contribution in [1.29, 1.82) is 0 Å². The third-order valence-corrected chi connectivity index (χ3v) is 8.09. The fraction of sp³-hybridized carbons (Fsp3) is 0.333. The Morgan fingerprint density at radius 2 is 1.88 bits per heavy atom. The largest absolute Gasteiger partial charge is 0.504 e. The van der Waals surface area contributed by atoms with E-state index in [2.05, 4.69) is 4.90 Å². The number of amides is 1. The lowest BCUT2D eigenvalue weighted by atomic mass is 9.95. The van der Waals surface area contributed by atoms with Crippen molar-refractivity contribution in [1.82, 2.24) is 19.2 Å². The van der Waals surface area contributed by atoms with Gasteiger partial charge in [-0.25, -0.2) is 4.98 Å². The second kappa shape index (κ2) is 11.8. The number of hydrogen-bond donors (Lipinski definition) is 1. The summed E-state index contributed by atoms with van der Waals surface area (Å²) < 4.78 is 18.6. The van der Waals surface area contributed by atoms with E-state index in [4.69, 9.17) is 42.4 Å². The predicted octanol–water partition coefficient (Wildman–Crippen LogP) is 4.74. The van der Waals surface area contributed by atoms with E-state index in [1.807, 2.05) is 34.9 Å². The number of hydrogen-bond acceptors (Lipinski definition) is 7. The summed E-state index contributed by atoms with van der Waals surface area (Å²) in [6.07, 6.45) is 2.42. The van der Waals surface area contributed by atoms with E-state index in [1.54, 1.807) is 29.2 Å². The molecule has 1 amide bonds. The maximum atomic E-state index is 13.7. The van der Waals surface area contributed by atoms with E-state index in [-0.39, 0.29) is 18.3 Å². The number of methoxy groups -OCH3 is 1. The third-order valence-electron chi connectivity index (χ3n) is 7.56. The Balaban J connectivity index is 1.25. The average Bonchev–Trinajstić information content (AvgIpc) is 3.34. The van der Waals surface area contributed by atoms with Crippen LogP contribution in [0.3, 0.4) is 0 Å². The molecule has 9 nitrogen and oxygen atoms in total. The molecule has 0 bridgehead atoms. The van der Waals surface area contributed by atoms with Gasteiger partial charge in [0.1, 0.15) is 11.4 Å². The molecule has 11 heteroatoms. The number of carbonyl (C=O) groups is 1. The van der Waals surface area contributed by atoms with Crippen molar-refractivity contribution in [3.05, 3.63) is 87.3 Å². The molecule has 1 saturated heterocycles. The highest BCUT2D eigenvalue weighted by atomic mass is 35.5. The van der Waals surface area contributed by atoms with E-state index in [0.29, 0.717) is 40.2 Å². The highest BCUT2D eigenvalue weighted by Crippen LogP contribution is 2.39. The van der Waals surface area contributed by atoms with Gasteiger partial charge >= 0.3 is 0 Å². The van der Waals surface area contributed by atoms with Crippen LogP contribution in [0.4, 0.5) is 0 Å². The minimum Gasteiger partial charge on any atom is -0.504 e. The van der Waals surface area contributed by atoms with Gasteiger partial charge in [0.05, 0.1) is 42.8 Å². The number of phenols is 1. The minimum atomic E-state index is -0.519. The Bertz CT molecular complexity index is 1590. The summed E-state index contributed by atoms with van der Waals surface area (Å²) in [5.41, 5.74) is 4.20. The highest BCUT2D eigenvalue weighted by molar-refractivity contribution is 6.32. The summed E-state index contributed by atoms with van der Waals surface area (Å²) in [6, 6.07) is 13.9. The van der Waals surface area contributed by atoms with Crippen LogP contribution in [-0.2, 0) is 22.5 Å². The molecular weight excluding hydrogens is 567 g/mol. The first-order valence-corrected chi connectivity index (χ1v) is 14.2. The summed E-state index contributed by atoms with van der Waals surface area (Å²) in [5.74, 6) is 0.573. The number of halogens is 2. The van der Waals surface area contributed by atoms with Gasteiger partial charge in [0.15, 0.2) is 18.1 Å². The van der Waals surface area contributed by atoms with E-state index < -0.39 is 6.04 Å². The number of benzene rings is 2. The molecule has 214 valence electrons. The van der Waals surface area contributed by atoms with Crippen molar-refractivity contribution in [3.63, 3.8) is 0 Å². The van der Waals surface area contributed by atoms with Gasteiger partial charge in [-0.15, -0.1) is 0 Å². The van der Waals surface area contributed by atoms with Gasteiger partial charge in [-0.1, -0.05) is 35.3 Å². The van der Waals surface area contributed by atoms with Crippen molar-refractivity contribution in [3.8, 4) is 17.2 Å². The first-order chi connectivity index (χ1) is 19.9. The van der Waals surface area contributed by atoms with Crippen LogP contribution < -0.4 is 9.47 Å². The molecular formula is C30H30Cl2N4O5. The van der Waals surface area contributed by atoms with Gasteiger partial charge in [-0.05, 0) is 41.5 Å². The standard InChI is InChI=1S/C30H30Cl2N4O5/c1-39-26-5-3-20(15-24(26)37)29-30-23(33-27-16-21(31)6-8-35(27)30)7-9-36(29)28(38)18-41-25-4-2-19(14-22(25)32)17-34-10-12-40-13-11-34/h2-6,8,14-16,29,37H,7,9-13,17-18H2,1H3. The molecule has 0 spiro atoms. The minimum absolute atomic E-state index is 0.0124. The highest BCUT2D eigenvalue weighted by Gasteiger charge is 2.36. The van der Waals surface area contributed by atoms with Crippen molar-refractivity contribution in [2.24, 2.45) is 0 Å². The summed E-state index contributed by atoms with van der Waals surface area (Å²) in [7, 11) is 1.50. The summed E-state index contributed by atoms with van der Waals surface area (Å²) in [4.78, 5) is 22.6. The molecule has 1 fully saturated rings. The summed E-state index contributed by atoms with van der Waals surface area (Å²) in [5, 5.41) is 11.6. The number of aromatic nitrogens is 2. The molecule has 2 aromatic carbocycles. The van der Waals surface area contributed by atoms with Crippen molar-refractivity contribution >= 4 is 34.8 Å². The number of nitrogens with zero attached hydrogens (tertiary/aromatic N) is 4. The molecule has 2 aliphatic heterocycles. The van der Waals surface area contributed by atoms with E-state index in [0.717, 1.165) is 55.4 Å². The van der Waals surface area contributed by atoms with Crippen LogP contribution in [0.25, 0.3) is 5.65 Å². The number of fused-ring (bicyclic) bond motifs is 3. The van der Waals surface area contributed by atoms with Gasteiger partial charge in [0, 0.05) is 49.9 Å². The second-order valence-corrected chi connectivity index (χ2v) is 11.0. The molecule has 41 heavy (non-hydrogen) atoms. The van der Waals surface area contributed by atoms with Gasteiger partial charge < -0.3 is 28.6 Å². The molecule has 0 radical (unpaired) electrons. The number of ether oxygens (including phenoxy) is 3. The van der Waals surface area contributed by atoms with E-state index in [1.165, 1.54) is 7.11 Å². The van der Waals surface area contributed by atoms with E-state index in [9.17, 15) is 9.90 Å². The molecule has 4 heterocycles. The first-order valence-electron chi connectivity index (χ1n) is 13.5. The topological polar surface area (TPSA) is 88.8 Å². The number of imidazole rings is 1. The van der Waals surface area contributed by atoms with E-state index >= 15 is 0 Å². The molecule has 6 rings (SSSR count). The van der Waals surface area contributed by atoms with Crippen LogP contribution in [0.2, 0.25) is 10.0 Å². The van der Waals surface area contributed by atoms with Crippen LogP contribution in [0, 0.1) is 0 Å². The van der Waals surface area contributed by atoms with Gasteiger partial charge in [0.2, 0.25) is 0 Å². The lowest BCUT2D eigenvalue weighted by Gasteiger charge is -2.36. The molecule has 1 unspecified atom stereocenters. The maximum absolute atomic E-state index is 13.7. The molecule has 0 saturated carbocycles. The zero-order valence-corrected chi connectivity index (χ0v) is 24.1. The number of morpholine rings is 1. The number of carbonyl (C=O) groups excluding carboxylic acids is 1. The second-order valence-electron chi connectivity index (χ2n) is 10.1. The smallest absolute Gasteiger partial charge is 0.261 e. The van der Waals surface area contributed by atoms with Gasteiger partial charge in [-0.3, -0.25) is 9.69 Å². The quantitative estimate of drug-likeness (QED) is 0.329. The number of rotatable bonds is 7. The summed E-state index contributed by atoms with van der Waals surface area (Å²) >= 11 is 12.8. The van der Waals surface area contributed by atoms with Crippen LogP contribution in [0.15, 0.2) is 54.7 Å². The van der Waals surface area contributed by atoms with Crippen LogP contribution in [-0.4, -0.2) is 76.8 Å². The Hall–Kier alpha value is -3.50. The fourth-order valence-electron chi connectivity index (χ4n) is 5.55. The SMILES string of the molecule is COc1ccc(C2c3c(nc4cc(Cl)ccn34)CCN2C(=O)COc2ccc(CN3CCOCC3)cc2Cl)cc1O. The van der Waals surface area contributed by atoms with Gasteiger partial charge in [-0.2, -0.15) is 0 Å². The van der Waals surface area contributed by atoms with Crippen molar-refractivity contribution in [2.75, 3.05) is 46.6 Å². The molecule has 0 aliphatic carbocycles. The monoisotopic (exact) mass is 596 g/mol. The van der Waals surface area contributed by atoms with Crippen molar-refractivity contribution < 1.29 is 24.1 Å². The third kappa shape index (κ3) is 5.67. The molecule has 4 aromatic rings. The lowest BCUT2D eigenvalue weighted by Crippen LogP contribution is -2.43. The number of phenolic OH excluding ortho intramolecular Hbond substituents is 1. The first kappa shape index (κ1) is 27.7. The van der Waals surface area contributed by atoms with Crippen molar-refractivity contribution in [2.45, 2.75) is 19.0 Å². The predicted molar refractivity (Wildman–Crippen MR) is 155 cm³/mol. The molecule has 2 aromatic heterocycles. The Morgan fingerprint density at radius 1 is 1.07 bits per heavy atom. The van der Waals surface area contributed by atoms with Crippen LogP contribution in [0.1, 0.15) is 28.6 Å². The zero-order valence-electron chi connectivity index (χ0n) is 22.6. The maximum Gasteiger partial charge on any atom is 0.261 e. The summed E-state index contributed by atoms with van der Waals surface area (Å²) in [6.45, 7) is 4.24. The molecule has 1 atom stereocenters. The molecule has 1 N–H and O–H groups in total. The van der Waals surface area contributed by atoms with Crippen LogP contribution >= 0.6 is 23.2 Å². The Kier molecular flexibility index (Phi) is 7.94. The zero-order chi connectivity index (χ0) is 28.5. The Labute approximate surface area is 247 Å². The fourth-order valence-corrected chi connectivity index (χ4v) is 5.96. The Morgan fingerprint density at radius 3 is 2.63 bits per heavy atom. The molecule has 2 aliphatic rings. The average molecular weight is 597 g/mol. The van der Waals surface area contributed by atoms with Crippen LogP contribution in [0.5, 0.6) is 17.2 Å². The number of aromatic hydroxyl groups is 1. The number of pyridine rings is 1. The normalized spacial score (nSPS) is 17.4. The van der Waals surface area contributed by atoms with Gasteiger partial charge in [0.25, 0.3) is 5.91 Å². The lowest BCUT2D eigenvalue weighted by molar-refractivity contribution is -0.135.